The highest BCUT2D eigenvalue weighted by atomic mass is 16.5. The van der Waals surface area contributed by atoms with E-state index in [1.807, 2.05) is 0 Å². The van der Waals surface area contributed by atoms with E-state index in [2.05, 4.69) is 0 Å². The smallest absolute Gasteiger partial charge is 0.122 e. The van der Waals surface area contributed by atoms with Crippen molar-refractivity contribution in [2.45, 2.75) is 12.5 Å². The molecule has 0 fully saturated rings. The number of benzene rings is 1. The summed E-state index contributed by atoms with van der Waals surface area (Å²) in [6.45, 7) is -0.250. The van der Waals surface area contributed by atoms with Crippen molar-refractivity contribution in [3.05, 3.63) is 23.8 Å². The Labute approximate surface area is 89.1 Å². The van der Waals surface area contributed by atoms with E-state index in [0.717, 1.165) is 5.56 Å². The predicted octanol–water partition coefficient (Wildman–Crippen LogP) is 0.599. The topological polar surface area (TPSA) is 58.9 Å². The molecule has 0 bridgehead atoms. The first-order valence-electron chi connectivity index (χ1n) is 4.70. The minimum absolute atomic E-state index is 0.250. The van der Waals surface area contributed by atoms with Crippen LogP contribution in [0.15, 0.2) is 18.2 Å². The van der Waals surface area contributed by atoms with Crippen molar-refractivity contribution in [3.8, 4) is 11.5 Å². The van der Waals surface area contributed by atoms with E-state index in [1.165, 1.54) is 0 Å². The summed E-state index contributed by atoms with van der Waals surface area (Å²) in [7, 11) is 3.14. The molecule has 0 saturated carbocycles. The summed E-state index contributed by atoms with van der Waals surface area (Å²) in [5.74, 6) is 1.35. The van der Waals surface area contributed by atoms with Crippen molar-refractivity contribution in [2.24, 2.45) is 0 Å². The fraction of sp³-hybridized carbons (Fsp3) is 0.455. The standard InChI is InChI=1S/C11H16O4/c1-14-10-4-8(3-9(13)7-12)5-11(6-10)15-2/h4-6,9,12-13H,3,7H2,1-2H3. The molecule has 0 aromatic heterocycles. The maximum Gasteiger partial charge on any atom is 0.122 e. The van der Waals surface area contributed by atoms with Gasteiger partial charge < -0.3 is 19.7 Å². The second-order valence-electron chi connectivity index (χ2n) is 3.26. The van der Waals surface area contributed by atoms with Crippen molar-refractivity contribution < 1.29 is 19.7 Å². The molecule has 1 aromatic rings. The molecule has 1 rings (SSSR count). The number of ether oxygens (including phenoxy) is 2. The van der Waals surface area contributed by atoms with Crippen LogP contribution in [-0.2, 0) is 6.42 Å². The fourth-order valence-electron chi connectivity index (χ4n) is 1.32. The van der Waals surface area contributed by atoms with E-state index < -0.39 is 6.10 Å². The van der Waals surface area contributed by atoms with Gasteiger partial charge in [0.05, 0.1) is 26.9 Å². The third-order valence-electron chi connectivity index (χ3n) is 2.09. The summed E-state index contributed by atoms with van der Waals surface area (Å²) in [6.07, 6.45) is -0.369. The van der Waals surface area contributed by atoms with Crippen LogP contribution < -0.4 is 9.47 Å². The lowest BCUT2D eigenvalue weighted by Gasteiger charge is -2.10. The lowest BCUT2D eigenvalue weighted by molar-refractivity contribution is 0.0954. The third-order valence-corrected chi connectivity index (χ3v) is 2.09. The highest BCUT2D eigenvalue weighted by molar-refractivity contribution is 5.38. The summed E-state index contributed by atoms with van der Waals surface area (Å²) >= 11 is 0. The minimum Gasteiger partial charge on any atom is -0.497 e. The van der Waals surface area contributed by atoms with Crippen molar-refractivity contribution in [3.63, 3.8) is 0 Å². The summed E-state index contributed by atoms with van der Waals surface area (Å²) < 4.78 is 10.2. The molecule has 15 heavy (non-hydrogen) atoms. The average Bonchev–Trinajstić information content (AvgIpc) is 2.28. The molecule has 0 amide bonds. The fourth-order valence-corrected chi connectivity index (χ4v) is 1.32. The van der Waals surface area contributed by atoms with Gasteiger partial charge in [-0.1, -0.05) is 0 Å². The summed E-state index contributed by atoms with van der Waals surface area (Å²) in [5.41, 5.74) is 0.868. The normalized spacial score (nSPS) is 12.3. The molecule has 4 nitrogen and oxygen atoms in total. The molecule has 0 heterocycles. The van der Waals surface area contributed by atoms with E-state index >= 15 is 0 Å². The van der Waals surface area contributed by atoms with Gasteiger partial charge in [-0.25, -0.2) is 0 Å². The van der Waals surface area contributed by atoms with Gasteiger partial charge in [0.1, 0.15) is 11.5 Å². The molecule has 2 N–H and O–H groups in total. The largest absolute Gasteiger partial charge is 0.497 e. The summed E-state index contributed by atoms with van der Waals surface area (Å²) in [6, 6.07) is 5.37. The van der Waals surface area contributed by atoms with Crippen LogP contribution in [0, 0.1) is 0 Å². The molecule has 0 spiro atoms. The molecule has 0 aliphatic carbocycles. The second kappa shape index (κ2) is 5.58. The van der Waals surface area contributed by atoms with Crippen LogP contribution in [0.3, 0.4) is 0 Å². The second-order valence-corrected chi connectivity index (χ2v) is 3.26. The van der Waals surface area contributed by atoms with Crippen LogP contribution in [0.5, 0.6) is 11.5 Å². The highest BCUT2D eigenvalue weighted by Crippen LogP contribution is 2.23. The van der Waals surface area contributed by atoms with Crippen LogP contribution in [0.2, 0.25) is 0 Å². The quantitative estimate of drug-likeness (QED) is 0.750. The maximum absolute atomic E-state index is 9.31. The zero-order valence-electron chi connectivity index (χ0n) is 8.93. The van der Waals surface area contributed by atoms with Crippen LogP contribution in [0.25, 0.3) is 0 Å². The van der Waals surface area contributed by atoms with E-state index in [4.69, 9.17) is 14.6 Å². The molecular formula is C11H16O4. The third kappa shape index (κ3) is 3.42. The summed E-state index contributed by atoms with van der Waals surface area (Å²) in [4.78, 5) is 0. The average molecular weight is 212 g/mol. The number of rotatable bonds is 5. The van der Waals surface area contributed by atoms with Gasteiger partial charge in [0.15, 0.2) is 0 Å². The first kappa shape index (κ1) is 11.8. The first-order valence-corrected chi connectivity index (χ1v) is 4.70. The number of hydrogen-bond acceptors (Lipinski definition) is 4. The van der Waals surface area contributed by atoms with Gasteiger partial charge in [0.25, 0.3) is 0 Å². The lowest BCUT2D eigenvalue weighted by Crippen LogP contribution is -2.15. The van der Waals surface area contributed by atoms with E-state index in [0.29, 0.717) is 17.9 Å². The van der Waals surface area contributed by atoms with Gasteiger partial charge in [0.2, 0.25) is 0 Å². The Hall–Kier alpha value is -1.26. The predicted molar refractivity (Wildman–Crippen MR) is 56.3 cm³/mol. The Morgan fingerprint density at radius 3 is 2.07 bits per heavy atom. The molecule has 0 radical (unpaired) electrons. The molecule has 1 unspecified atom stereocenters. The molecule has 0 aliphatic heterocycles. The van der Waals surface area contributed by atoms with Gasteiger partial charge in [-0.2, -0.15) is 0 Å². The van der Waals surface area contributed by atoms with E-state index in [9.17, 15) is 5.11 Å². The van der Waals surface area contributed by atoms with E-state index in [-0.39, 0.29) is 6.61 Å². The summed E-state index contributed by atoms with van der Waals surface area (Å²) in [5, 5.41) is 18.0. The van der Waals surface area contributed by atoms with Crippen molar-refractivity contribution in [1.82, 2.24) is 0 Å². The van der Waals surface area contributed by atoms with Crippen LogP contribution in [0.1, 0.15) is 5.56 Å². The molecule has 1 atom stereocenters. The Balaban J connectivity index is 2.86. The van der Waals surface area contributed by atoms with Gasteiger partial charge in [0, 0.05) is 12.5 Å². The number of aliphatic hydroxyl groups excluding tert-OH is 2. The molecule has 84 valence electrons. The Bertz CT molecular complexity index is 289. The van der Waals surface area contributed by atoms with Crippen molar-refractivity contribution in [2.75, 3.05) is 20.8 Å². The Kier molecular flexibility index (Phi) is 4.39. The van der Waals surface area contributed by atoms with Gasteiger partial charge in [-0.05, 0) is 17.7 Å². The number of methoxy groups -OCH3 is 2. The van der Waals surface area contributed by atoms with Crippen molar-refractivity contribution >= 4 is 0 Å². The zero-order chi connectivity index (χ0) is 11.3. The van der Waals surface area contributed by atoms with Crippen LogP contribution in [0.4, 0.5) is 0 Å². The van der Waals surface area contributed by atoms with Crippen LogP contribution in [-0.4, -0.2) is 37.1 Å². The SMILES string of the molecule is COc1cc(CC(O)CO)cc(OC)c1. The Morgan fingerprint density at radius 1 is 1.13 bits per heavy atom. The monoisotopic (exact) mass is 212 g/mol. The minimum atomic E-state index is -0.748. The molecule has 1 aromatic carbocycles. The van der Waals surface area contributed by atoms with Gasteiger partial charge in [-0.15, -0.1) is 0 Å². The highest BCUT2D eigenvalue weighted by Gasteiger charge is 2.07. The molecule has 0 saturated heterocycles. The van der Waals surface area contributed by atoms with Crippen molar-refractivity contribution in [1.29, 1.82) is 0 Å². The molecule has 4 heteroatoms. The number of aliphatic hydroxyl groups is 2. The van der Waals surface area contributed by atoms with E-state index in [1.54, 1.807) is 32.4 Å². The molecule has 0 aliphatic rings. The Morgan fingerprint density at radius 2 is 1.67 bits per heavy atom. The number of hydrogen-bond donors (Lipinski definition) is 2. The first-order chi connectivity index (χ1) is 7.19. The maximum atomic E-state index is 9.31. The van der Waals surface area contributed by atoms with Gasteiger partial charge >= 0.3 is 0 Å². The van der Waals surface area contributed by atoms with Crippen LogP contribution >= 0.6 is 0 Å². The molecular weight excluding hydrogens is 196 g/mol. The van der Waals surface area contributed by atoms with Gasteiger partial charge in [-0.3, -0.25) is 0 Å². The zero-order valence-corrected chi connectivity index (χ0v) is 8.93. The lowest BCUT2D eigenvalue weighted by atomic mass is 10.1.